The van der Waals surface area contributed by atoms with Gasteiger partial charge in [0, 0.05) is 57.3 Å². The molecule has 1 aliphatic rings. The highest BCUT2D eigenvalue weighted by atomic mass is 32.2. The molecule has 0 bridgehead atoms. The molecule has 2 heterocycles. The number of carbonyl (C=O) groups excluding carboxylic acids is 2. The Labute approximate surface area is 288 Å². The third-order valence-electron chi connectivity index (χ3n) is 8.40. The van der Waals surface area contributed by atoms with Crippen LogP contribution in [0.1, 0.15) is 50.4 Å². The number of nitrogens with zero attached hydrogens (tertiary/aromatic N) is 4. The molecule has 268 valence electrons. The van der Waals surface area contributed by atoms with Crippen molar-refractivity contribution in [2.24, 2.45) is 13.0 Å². The van der Waals surface area contributed by atoms with E-state index in [1.54, 1.807) is 69.4 Å². The van der Waals surface area contributed by atoms with Gasteiger partial charge in [-0.3, -0.25) is 9.52 Å². The minimum absolute atomic E-state index is 0.145. The first-order valence-electron chi connectivity index (χ1n) is 16.3. The van der Waals surface area contributed by atoms with Gasteiger partial charge in [0.15, 0.2) is 5.03 Å². The van der Waals surface area contributed by atoms with Gasteiger partial charge >= 0.3 is 6.03 Å². The Bertz CT molecular complexity index is 1660. The van der Waals surface area contributed by atoms with E-state index < -0.39 is 28.1 Å². The van der Waals surface area contributed by atoms with Crippen LogP contribution in [0.4, 0.5) is 16.2 Å². The lowest BCUT2D eigenvalue weighted by Gasteiger charge is -2.35. The number of urea groups is 1. The fourth-order valence-electron chi connectivity index (χ4n) is 5.43. The highest BCUT2D eigenvalue weighted by Crippen LogP contribution is 2.29. The van der Waals surface area contributed by atoms with Crippen LogP contribution in [0.25, 0.3) is 0 Å². The second kappa shape index (κ2) is 16.9. The quantitative estimate of drug-likeness (QED) is 0.297. The molecule has 2 aromatic carbocycles. The molecule has 4 atom stereocenters. The van der Waals surface area contributed by atoms with Gasteiger partial charge in [-0.2, -0.15) is 8.42 Å². The average molecular weight is 701 g/mol. The van der Waals surface area contributed by atoms with E-state index in [1.807, 2.05) is 13.8 Å². The Kier molecular flexibility index (Phi) is 12.9. The molecule has 0 unspecified atom stereocenters. The van der Waals surface area contributed by atoms with Gasteiger partial charge in [0.1, 0.15) is 11.5 Å². The van der Waals surface area contributed by atoms with Crippen molar-refractivity contribution < 1.29 is 37.3 Å². The van der Waals surface area contributed by atoms with Crippen LogP contribution in [0.5, 0.6) is 11.5 Å². The van der Waals surface area contributed by atoms with E-state index >= 15 is 0 Å². The molecule has 1 aromatic heterocycles. The predicted molar refractivity (Wildman–Crippen MR) is 186 cm³/mol. The van der Waals surface area contributed by atoms with Crippen molar-refractivity contribution >= 4 is 33.3 Å². The molecule has 0 fully saturated rings. The maximum atomic E-state index is 14.4. The number of hydrogen-bond acceptors (Lipinski definition) is 9. The molecule has 15 heteroatoms. The number of ether oxygens (including phenoxy) is 3. The summed E-state index contributed by atoms with van der Waals surface area (Å²) in [7, 11) is 0.885. The van der Waals surface area contributed by atoms with Gasteiger partial charge in [-0.1, -0.05) is 6.92 Å². The lowest BCUT2D eigenvalue weighted by Crippen LogP contribution is -2.48. The second-order valence-electron chi connectivity index (χ2n) is 12.5. The molecule has 3 aromatic rings. The highest BCUT2D eigenvalue weighted by molar-refractivity contribution is 7.92. The number of aromatic nitrogens is 2. The molecule has 14 nitrogen and oxygen atoms in total. The number of likely N-dealkylation sites (N-methyl/N-ethyl adjacent to an activating group) is 1. The van der Waals surface area contributed by atoms with E-state index in [9.17, 15) is 23.1 Å². The zero-order valence-corrected chi connectivity index (χ0v) is 29.8. The van der Waals surface area contributed by atoms with Gasteiger partial charge in [-0.05, 0) is 75.6 Å². The molecule has 0 saturated heterocycles. The number of aryl methyl sites for hydroxylation is 1. The van der Waals surface area contributed by atoms with Gasteiger partial charge in [0.2, 0.25) is 0 Å². The first-order valence-corrected chi connectivity index (χ1v) is 17.8. The number of imidazole rings is 1. The summed E-state index contributed by atoms with van der Waals surface area (Å²) >= 11 is 0. The predicted octanol–water partition coefficient (Wildman–Crippen LogP) is 4.19. The third-order valence-corrected chi connectivity index (χ3v) is 9.67. The van der Waals surface area contributed by atoms with E-state index in [0.717, 1.165) is 12.8 Å². The Morgan fingerprint density at radius 3 is 2.53 bits per heavy atom. The number of aliphatic hydroxyl groups is 1. The highest BCUT2D eigenvalue weighted by Gasteiger charge is 2.31. The number of anilines is 2. The summed E-state index contributed by atoms with van der Waals surface area (Å²) in [6, 6.07) is 10.7. The zero-order valence-electron chi connectivity index (χ0n) is 29.0. The van der Waals surface area contributed by atoms with Crippen molar-refractivity contribution in [3.63, 3.8) is 0 Å². The molecular weight excluding hydrogens is 652 g/mol. The summed E-state index contributed by atoms with van der Waals surface area (Å²) in [4.78, 5) is 34.5. The van der Waals surface area contributed by atoms with Crippen LogP contribution in [0, 0.1) is 5.92 Å². The van der Waals surface area contributed by atoms with Crippen molar-refractivity contribution in [2.45, 2.75) is 63.3 Å². The molecule has 3 N–H and O–H groups in total. The number of hydrogen-bond donors (Lipinski definition) is 3. The van der Waals surface area contributed by atoms with Crippen LogP contribution in [0.3, 0.4) is 0 Å². The number of amides is 3. The lowest BCUT2D eigenvalue weighted by molar-refractivity contribution is -0.0115. The summed E-state index contributed by atoms with van der Waals surface area (Å²) in [5.41, 5.74) is 0.916. The third kappa shape index (κ3) is 10.1. The van der Waals surface area contributed by atoms with Crippen molar-refractivity contribution in [3.05, 3.63) is 60.6 Å². The largest absolute Gasteiger partial charge is 0.497 e. The molecule has 1 aliphatic heterocycles. The van der Waals surface area contributed by atoms with E-state index in [1.165, 1.54) is 28.1 Å². The normalized spacial score (nSPS) is 19.9. The van der Waals surface area contributed by atoms with E-state index in [0.29, 0.717) is 30.2 Å². The summed E-state index contributed by atoms with van der Waals surface area (Å²) < 4.78 is 47.9. The molecular formula is C34H48N6O8S. The second-order valence-corrected chi connectivity index (χ2v) is 14.2. The standard InChI is InChI=1S/C34H48N6O8S/c1-23-18-40(24(2)21-41)33(42)29-17-27(37-49(44,45)32-20-38(4)22-35-32)12-15-30(29)48-25(3)9-7-8-16-47-31(23)19-39(5)34(43)36-26-10-13-28(46-6)14-11-26/h10-15,17,20,22-25,31,37,41H,7-9,16,18-19,21H2,1-6H3,(H,36,43)/t23-,24-,25-,31+/m0/s1. The van der Waals surface area contributed by atoms with Gasteiger partial charge in [-0.25, -0.2) is 9.78 Å². The van der Waals surface area contributed by atoms with Crippen LogP contribution in [0.15, 0.2) is 60.0 Å². The SMILES string of the molecule is COc1ccc(NC(=O)N(C)C[C@H]2OCCCC[C@H](C)Oc3ccc(NS(=O)(=O)c4cn(C)cn4)cc3C(=O)N([C@@H](C)CO)C[C@@H]2C)cc1. The van der Waals surface area contributed by atoms with Crippen molar-refractivity contribution in [3.8, 4) is 11.5 Å². The Morgan fingerprint density at radius 1 is 1.16 bits per heavy atom. The zero-order chi connectivity index (χ0) is 35.7. The fraction of sp³-hybridized carbons (Fsp3) is 0.500. The Balaban J connectivity index is 1.60. The summed E-state index contributed by atoms with van der Waals surface area (Å²) in [5, 5.41) is 12.9. The summed E-state index contributed by atoms with van der Waals surface area (Å²) in [6.45, 7) is 6.14. The monoisotopic (exact) mass is 700 g/mol. The smallest absolute Gasteiger partial charge is 0.321 e. The lowest BCUT2D eigenvalue weighted by atomic mass is 10.0. The van der Waals surface area contributed by atoms with Crippen molar-refractivity contribution in [1.82, 2.24) is 19.4 Å². The molecule has 4 rings (SSSR count). The van der Waals surface area contributed by atoms with Crippen LogP contribution in [-0.4, -0.2) is 104 Å². The number of nitrogens with one attached hydrogen (secondary N) is 2. The molecule has 49 heavy (non-hydrogen) atoms. The number of rotatable bonds is 9. The van der Waals surface area contributed by atoms with Crippen LogP contribution >= 0.6 is 0 Å². The van der Waals surface area contributed by atoms with E-state index in [-0.39, 0.29) is 54.0 Å². The van der Waals surface area contributed by atoms with E-state index in [4.69, 9.17) is 14.2 Å². The van der Waals surface area contributed by atoms with Crippen molar-refractivity contribution in [1.29, 1.82) is 0 Å². The number of sulfonamides is 1. The van der Waals surface area contributed by atoms with Crippen LogP contribution < -0.4 is 19.5 Å². The molecule has 0 radical (unpaired) electrons. The van der Waals surface area contributed by atoms with Crippen molar-refractivity contribution in [2.75, 3.05) is 50.5 Å². The van der Waals surface area contributed by atoms with Crippen LogP contribution in [0.2, 0.25) is 0 Å². The van der Waals surface area contributed by atoms with Gasteiger partial charge in [-0.15, -0.1) is 0 Å². The molecule has 0 spiro atoms. The Morgan fingerprint density at radius 2 is 1.88 bits per heavy atom. The van der Waals surface area contributed by atoms with Gasteiger partial charge < -0.3 is 39.0 Å². The number of aliphatic hydroxyl groups excluding tert-OH is 1. The summed E-state index contributed by atoms with van der Waals surface area (Å²) in [5.74, 6) is 0.262. The first kappa shape index (κ1) is 37.5. The number of methoxy groups -OCH3 is 1. The first-order chi connectivity index (χ1) is 23.3. The van der Waals surface area contributed by atoms with Gasteiger partial charge in [0.05, 0.1) is 43.9 Å². The van der Waals surface area contributed by atoms with Crippen LogP contribution in [-0.2, 0) is 21.8 Å². The van der Waals surface area contributed by atoms with Gasteiger partial charge in [0.25, 0.3) is 15.9 Å². The average Bonchev–Trinajstić information content (AvgIpc) is 3.53. The summed E-state index contributed by atoms with van der Waals surface area (Å²) in [6.07, 6.45) is 4.31. The molecule has 0 saturated carbocycles. The minimum Gasteiger partial charge on any atom is -0.497 e. The maximum absolute atomic E-state index is 14.4. The molecule has 0 aliphatic carbocycles. The number of fused-ring (bicyclic) bond motifs is 1. The molecule has 3 amide bonds. The minimum atomic E-state index is -4.04. The Hall–Kier alpha value is -4.34. The van der Waals surface area contributed by atoms with E-state index in [2.05, 4.69) is 15.0 Å². The number of benzene rings is 2. The fourth-order valence-corrected chi connectivity index (χ4v) is 6.46. The maximum Gasteiger partial charge on any atom is 0.321 e. The topological polar surface area (TPSA) is 165 Å². The number of carbonyl (C=O) groups is 2.